The Morgan fingerprint density at radius 3 is 2.54 bits per heavy atom. The Morgan fingerprint density at radius 1 is 1.11 bits per heavy atom. The van der Waals surface area contributed by atoms with E-state index in [4.69, 9.17) is 16.9 Å². The van der Waals surface area contributed by atoms with Gasteiger partial charge in [-0.25, -0.2) is 9.59 Å². The van der Waals surface area contributed by atoms with Crippen LogP contribution in [0.3, 0.4) is 0 Å². The van der Waals surface area contributed by atoms with Gasteiger partial charge in [-0.2, -0.15) is 5.26 Å². The predicted molar refractivity (Wildman–Crippen MR) is 142 cm³/mol. The fourth-order valence-electron chi connectivity index (χ4n) is 4.91. The largest absolute Gasteiger partial charge is 0.331 e. The van der Waals surface area contributed by atoms with E-state index in [0.29, 0.717) is 47.2 Å². The number of fused-ring (bicyclic) bond motifs is 1. The van der Waals surface area contributed by atoms with Crippen molar-refractivity contribution in [1.82, 2.24) is 14.0 Å². The zero-order valence-corrected chi connectivity index (χ0v) is 21.5. The maximum atomic E-state index is 13.1. The number of aromatic nitrogens is 2. The number of nitriles is 1. The molecule has 10 heteroatoms. The van der Waals surface area contributed by atoms with E-state index in [1.165, 1.54) is 15.2 Å². The molecule has 1 aromatic heterocycles. The lowest BCUT2D eigenvalue weighted by atomic mass is 10.0. The van der Waals surface area contributed by atoms with Crippen molar-refractivity contribution in [3.63, 3.8) is 0 Å². The summed E-state index contributed by atoms with van der Waals surface area (Å²) in [6.45, 7) is 4.82. The third-order valence-corrected chi connectivity index (χ3v) is 7.18. The van der Waals surface area contributed by atoms with Crippen LogP contribution in [0.1, 0.15) is 55.5 Å². The smallest absolute Gasteiger partial charge is 0.322 e. The van der Waals surface area contributed by atoms with Gasteiger partial charge in [0.15, 0.2) is 5.78 Å². The van der Waals surface area contributed by atoms with Crippen LogP contribution in [0.4, 0.5) is 10.5 Å². The van der Waals surface area contributed by atoms with Crippen LogP contribution < -0.4 is 16.6 Å². The molecule has 1 fully saturated rings. The highest BCUT2D eigenvalue weighted by molar-refractivity contribution is 6.32. The first kappa shape index (κ1) is 26.2. The number of benzene rings is 2. The van der Waals surface area contributed by atoms with Crippen LogP contribution in [0, 0.1) is 11.3 Å². The van der Waals surface area contributed by atoms with Crippen molar-refractivity contribution in [2.24, 2.45) is 0 Å². The Balaban J connectivity index is 1.47. The molecule has 1 N–H and O–H groups in total. The van der Waals surface area contributed by atoms with Crippen molar-refractivity contribution in [3.8, 4) is 6.07 Å². The zero-order valence-electron chi connectivity index (χ0n) is 20.8. The van der Waals surface area contributed by atoms with Crippen molar-refractivity contribution < 1.29 is 9.59 Å². The van der Waals surface area contributed by atoms with Crippen molar-refractivity contribution >= 4 is 40.0 Å². The summed E-state index contributed by atoms with van der Waals surface area (Å²) >= 11 is 6.07. The number of likely N-dealkylation sites (tertiary alicyclic amines) is 1. The van der Waals surface area contributed by atoms with Crippen molar-refractivity contribution in [3.05, 3.63) is 73.4 Å². The van der Waals surface area contributed by atoms with E-state index in [-0.39, 0.29) is 41.5 Å². The van der Waals surface area contributed by atoms with Gasteiger partial charge in [0.05, 0.1) is 21.5 Å². The van der Waals surface area contributed by atoms with E-state index in [2.05, 4.69) is 5.32 Å². The summed E-state index contributed by atoms with van der Waals surface area (Å²) in [5, 5.41) is 12.5. The van der Waals surface area contributed by atoms with Gasteiger partial charge in [0.1, 0.15) is 6.07 Å². The molecule has 192 valence electrons. The normalized spacial score (nSPS) is 15.1. The molecule has 37 heavy (non-hydrogen) atoms. The number of Topliss-reactive ketones (excluding diaryl/α,β-unsaturated/α-hetero) is 1. The summed E-state index contributed by atoms with van der Waals surface area (Å²) in [6, 6.07) is 11.2. The number of nitrogens with one attached hydrogen (secondary N) is 1. The lowest BCUT2D eigenvalue weighted by molar-refractivity contribution is 0.0970. The number of ketones is 1. The average molecular weight is 522 g/mol. The second-order valence-corrected chi connectivity index (χ2v) is 9.40. The minimum atomic E-state index is -0.400. The Hall–Kier alpha value is -3.90. The van der Waals surface area contributed by atoms with Crippen LogP contribution in [0.15, 0.2) is 46.0 Å². The molecule has 9 nitrogen and oxygen atoms in total. The topological polar surface area (TPSA) is 117 Å². The van der Waals surface area contributed by atoms with Crippen LogP contribution >= 0.6 is 11.6 Å². The number of carbonyl (C=O) groups is 2. The fourth-order valence-corrected chi connectivity index (χ4v) is 5.13. The molecule has 1 saturated heterocycles. The summed E-state index contributed by atoms with van der Waals surface area (Å²) < 4.78 is 2.71. The second kappa shape index (κ2) is 11.0. The standard InChI is InChI=1S/C27H28ClN5O4/c1-3-31-23-11-8-17(14-21(23)25(35)32(4-2)27(31)37)24(34)12-10-20-6-5-13-33(20)26(36)30-19-9-7-18(16-29)22(28)15-19/h7-9,11,14-15,20H,3-6,10,12-13H2,1-2H3,(H,30,36). The van der Waals surface area contributed by atoms with Crippen LogP contribution in [0.5, 0.6) is 0 Å². The van der Waals surface area contributed by atoms with Crippen molar-refractivity contribution in [2.45, 2.75) is 58.7 Å². The number of halogens is 1. The van der Waals surface area contributed by atoms with E-state index < -0.39 is 5.56 Å². The molecular formula is C27H28ClN5O4. The minimum Gasteiger partial charge on any atom is -0.322 e. The molecular weight excluding hydrogens is 494 g/mol. The molecule has 0 saturated carbocycles. The van der Waals surface area contributed by atoms with Gasteiger partial charge >= 0.3 is 11.7 Å². The molecule has 0 spiro atoms. The van der Waals surface area contributed by atoms with Crippen LogP contribution in [-0.4, -0.2) is 38.4 Å². The SMILES string of the molecule is CCn1c(=O)c2cc(C(=O)CCC3CCCN3C(=O)Nc3ccc(C#N)c(Cl)c3)ccc2n(CC)c1=O. The van der Waals surface area contributed by atoms with Gasteiger partial charge in [-0.05, 0) is 69.5 Å². The molecule has 0 radical (unpaired) electrons. The van der Waals surface area contributed by atoms with Gasteiger partial charge < -0.3 is 10.2 Å². The summed E-state index contributed by atoms with van der Waals surface area (Å²) in [5.41, 5.74) is 0.996. The Morgan fingerprint density at radius 2 is 1.86 bits per heavy atom. The lowest BCUT2D eigenvalue weighted by Crippen LogP contribution is -2.39. The van der Waals surface area contributed by atoms with Gasteiger partial charge in [-0.3, -0.25) is 18.7 Å². The third kappa shape index (κ3) is 5.16. The number of carbonyl (C=O) groups excluding carboxylic acids is 2. The van der Waals surface area contributed by atoms with Gasteiger partial charge in [-0.15, -0.1) is 0 Å². The van der Waals surface area contributed by atoms with E-state index >= 15 is 0 Å². The number of hydrogen-bond donors (Lipinski definition) is 1. The Kier molecular flexibility index (Phi) is 7.79. The molecule has 1 unspecified atom stereocenters. The number of hydrogen-bond acceptors (Lipinski definition) is 5. The fraction of sp³-hybridized carbons (Fsp3) is 0.370. The Labute approximate surface area is 218 Å². The molecule has 1 aliphatic heterocycles. The summed E-state index contributed by atoms with van der Waals surface area (Å²) in [7, 11) is 0. The van der Waals surface area contributed by atoms with Crippen molar-refractivity contribution in [2.75, 3.05) is 11.9 Å². The maximum Gasteiger partial charge on any atom is 0.331 e. The van der Waals surface area contributed by atoms with Crippen LogP contribution in [0.2, 0.25) is 5.02 Å². The molecule has 2 aromatic carbocycles. The van der Waals surface area contributed by atoms with Gasteiger partial charge in [-0.1, -0.05) is 11.6 Å². The van der Waals surface area contributed by atoms with E-state index in [1.807, 2.05) is 13.0 Å². The molecule has 1 atom stereocenters. The summed E-state index contributed by atoms with van der Waals surface area (Å²) in [5.74, 6) is -0.121. The molecule has 2 amide bonds. The number of aryl methyl sites for hydroxylation is 1. The molecule has 0 bridgehead atoms. The molecule has 1 aliphatic rings. The summed E-state index contributed by atoms with van der Waals surface area (Å²) in [6.07, 6.45) is 2.34. The maximum absolute atomic E-state index is 13.1. The number of amides is 2. The van der Waals surface area contributed by atoms with E-state index in [9.17, 15) is 19.2 Å². The number of anilines is 1. The molecule has 2 heterocycles. The van der Waals surface area contributed by atoms with E-state index in [0.717, 1.165) is 12.8 Å². The molecule has 0 aliphatic carbocycles. The van der Waals surface area contributed by atoms with Crippen molar-refractivity contribution in [1.29, 1.82) is 5.26 Å². The predicted octanol–water partition coefficient (Wildman–Crippen LogP) is 4.39. The minimum absolute atomic E-state index is 0.0964. The number of nitrogens with zero attached hydrogens (tertiary/aromatic N) is 4. The highest BCUT2D eigenvalue weighted by atomic mass is 35.5. The molecule has 3 aromatic rings. The lowest BCUT2D eigenvalue weighted by Gasteiger charge is -2.25. The van der Waals surface area contributed by atoms with E-state index in [1.54, 1.807) is 42.2 Å². The second-order valence-electron chi connectivity index (χ2n) is 9.00. The van der Waals surface area contributed by atoms with Gasteiger partial charge in [0, 0.05) is 43.3 Å². The molecule has 4 rings (SSSR count). The average Bonchev–Trinajstić information content (AvgIpc) is 3.37. The first-order valence-electron chi connectivity index (χ1n) is 12.4. The number of rotatable bonds is 7. The zero-order chi connectivity index (χ0) is 26.7. The quantitative estimate of drug-likeness (QED) is 0.463. The third-order valence-electron chi connectivity index (χ3n) is 6.86. The number of urea groups is 1. The monoisotopic (exact) mass is 521 g/mol. The highest BCUT2D eigenvalue weighted by Gasteiger charge is 2.29. The summed E-state index contributed by atoms with van der Waals surface area (Å²) in [4.78, 5) is 53.1. The Bertz CT molecular complexity index is 1530. The van der Waals surface area contributed by atoms with Gasteiger partial charge in [0.25, 0.3) is 5.56 Å². The van der Waals surface area contributed by atoms with Crippen LogP contribution in [-0.2, 0) is 13.1 Å². The first-order valence-corrected chi connectivity index (χ1v) is 12.7. The van der Waals surface area contributed by atoms with Gasteiger partial charge in [0.2, 0.25) is 0 Å². The highest BCUT2D eigenvalue weighted by Crippen LogP contribution is 2.25. The van der Waals surface area contributed by atoms with Crippen LogP contribution in [0.25, 0.3) is 10.9 Å². The first-order chi connectivity index (χ1) is 17.8.